The minimum absolute atomic E-state index is 0.238. The zero-order chi connectivity index (χ0) is 16.4. The number of benzene rings is 1. The summed E-state index contributed by atoms with van der Waals surface area (Å²) in [6.07, 6.45) is 1.76. The molecule has 0 N–H and O–H groups in total. The van der Waals surface area contributed by atoms with E-state index in [1.165, 1.54) is 5.56 Å². The lowest BCUT2D eigenvalue weighted by atomic mass is 10.2. The topological polar surface area (TPSA) is 52.8 Å². The van der Waals surface area contributed by atoms with Crippen molar-refractivity contribution < 1.29 is 14.3 Å². The van der Waals surface area contributed by atoms with Crippen LogP contribution >= 0.6 is 0 Å². The molecule has 0 atom stereocenters. The Bertz CT molecular complexity index is 851. The maximum absolute atomic E-state index is 12.4. The molecule has 0 radical (unpaired) electrons. The van der Waals surface area contributed by atoms with Crippen LogP contribution in [0.15, 0.2) is 42.6 Å². The molecule has 0 aliphatic carbocycles. The molecular weight excluding hydrogens is 292 g/mol. The lowest BCUT2D eigenvalue weighted by Crippen LogP contribution is -2.09. The summed E-state index contributed by atoms with van der Waals surface area (Å²) in [5, 5.41) is 0. The van der Waals surface area contributed by atoms with Gasteiger partial charge in [0.05, 0.1) is 12.8 Å². The maximum Gasteiger partial charge on any atom is 0.357 e. The van der Waals surface area contributed by atoms with Gasteiger partial charge in [0.2, 0.25) is 0 Å². The number of rotatable bonds is 4. The molecule has 118 valence electrons. The van der Waals surface area contributed by atoms with Crippen molar-refractivity contribution >= 4 is 11.6 Å². The summed E-state index contributed by atoms with van der Waals surface area (Å²) >= 11 is 0. The van der Waals surface area contributed by atoms with Crippen molar-refractivity contribution in [1.82, 2.24) is 9.38 Å². The van der Waals surface area contributed by atoms with Crippen LogP contribution in [0.4, 0.5) is 0 Å². The Balaban J connectivity index is 1.83. The zero-order valence-electron chi connectivity index (χ0n) is 13.4. The van der Waals surface area contributed by atoms with Crippen LogP contribution in [-0.2, 0) is 11.3 Å². The summed E-state index contributed by atoms with van der Waals surface area (Å²) in [5.41, 5.74) is 3.86. The molecule has 5 nitrogen and oxygen atoms in total. The average Bonchev–Trinajstić information content (AvgIpc) is 2.88. The van der Waals surface area contributed by atoms with Gasteiger partial charge in [-0.25, -0.2) is 9.78 Å². The van der Waals surface area contributed by atoms with Gasteiger partial charge in [-0.05, 0) is 25.5 Å². The van der Waals surface area contributed by atoms with Crippen molar-refractivity contribution in [2.75, 3.05) is 7.11 Å². The molecule has 2 heterocycles. The number of carbonyl (C=O) groups excluding carboxylic acids is 1. The highest BCUT2D eigenvalue weighted by molar-refractivity contribution is 5.90. The summed E-state index contributed by atoms with van der Waals surface area (Å²) in [4.78, 5) is 16.8. The highest BCUT2D eigenvalue weighted by atomic mass is 16.5. The minimum Gasteiger partial charge on any atom is -0.497 e. The van der Waals surface area contributed by atoms with E-state index in [1.54, 1.807) is 36.8 Å². The van der Waals surface area contributed by atoms with Crippen molar-refractivity contribution in [3.8, 4) is 5.75 Å². The van der Waals surface area contributed by atoms with E-state index in [2.05, 4.69) is 4.98 Å². The van der Waals surface area contributed by atoms with Gasteiger partial charge in [0.25, 0.3) is 0 Å². The van der Waals surface area contributed by atoms with Crippen molar-refractivity contribution in [2.24, 2.45) is 0 Å². The van der Waals surface area contributed by atoms with Crippen molar-refractivity contribution in [2.45, 2.75) is 20.5 Å². The number of carbonyl (C=O) groups is 1. The average molecular weight is 310 g/mol. The molecule has 0 saturated carbocycles. The van der Waals surface area contributed by atoms with Gasteiger partial charge >= 0.3 is 5.97 Å². The number of aromatic nitrogens is 2. The monoisotopic (exact) mass is 310 g/mol. The van der Waals surface area contributed by atoms with Gasteiger partial charge in [0.15, 0.2) is 5.69 Å². The number of imidazole rings is 1. The van der Waals surface area contributed by atoms with Crippen molar-refractivity contribution in [3.63, 3.8) is 0 Å². The summed E-state index contributed by atoms with van der Waals surface area (Å²) in [5.74, 6) is 0.308. The number of nitrogens with zero attached hydrogens (tertiary/aromatic N) is 2. The lowest BCUT2D eigenvalue weighted by molar-refractivity contribution is 0.0463. The van der Waals surface area contributed by atoms with Crippen LogP contribution in [0.1, 0.15) is 27.3 Å². The number of fused-ring (bicyclic) bond motifs is 1. The van der Waals surface area contributed by atoms with Gasteiger partial charge in [-0.2, -0.15) is 0 Å². The molecule has 3 rings (SSSR count). The standard InChI is InChI=1S/C18H18N2O3/c1-12-4-6-14(7-5-12)11-23-18(21)17-13(2)19-16-10-15(22-3)8-9-20(16)17/h4-10H,11H2,1-3H3. The van der Waals surface area contributed by atoms with Crippen LogP contribution in [0.2, 0.25) is 0 Å². The van der Waals surface area contributed by atoms with Crippen LogP contribution in [-0.4, -0.2) is 22.5 Å². The van der Waals surface area contributed by atoms with E-state index in [1.807, 2.05) is 31.2 Å². The molecule has 0 amide bonds. The second-order valence-electron chi connectivity index (χ2n) is 5.40. The molecule has 2 aromatic heterocycles. The smallest absolute Gasteiger partial charge is 0.357 e. The molecule has 0 spiro atoms. The number of hydrogen-bond donors (Lipinski definition) is 0. The van der Waals surface area contributed by atoms with Gasteiger partial charge in [0, 0.05) is 12.3 Å². The number of aryl methyl sites for hydroxylation is 2. The quantitative estimate of drug-likeness (QED) is 0.694. The minimum atomic E-state index is -0.388. The third-order valence-corrected chi connectivity index (χ3v) is 3.69. The number of pyridine rings is 1. The summed E-state index contributed by atoms with van der Waals surface area (Å²) in [6, 6.07) is 11.5. The van der Waals surface area contributed by atoms with Gasteiger partial charge in [-0.1, -0.05) is 29.8 Å². The predicted octanol–water partition coefficient (Wildman–Crippen LogP) is 3.32. The third-order valence-electron chi connectivity index (χ3n) is 3.69. The summed E-state index contributed by atoms with van der Waals surface area (Å²) < 4.78 is 12.3. The van der Waals surface area contributed by atoms with E-state index in [0.29, 0.717) is 22.8 Å². The SMILES string of the molecule is COc1ccn2c(C(=O)OCc3ccc(C)cc3)c(C)nc2c1. The molecule has 0 fully saturated rings. The number of hydrogen-bond acceptors (Lipinski definition) is 4. The fourth-order valence-corrected chi connectivity index (χ4v) is 2.42. The molecular formula is C18H18N2O3. The lowest BCUT2D eigenvalue weighted by Gasteiger charge is -2.06. The first kappa shape index (κ1) is 15.1. The van der Waals surface area contributed by atoms with Crippen LogP contribution in [0.5, 0.6) is 5.75 Å². The van der Waals surface area contributed by atoms with Gasteiger partial charge < -0.3 is 9.47 Å². The number of ether oxygens (including phenoxy) is 2. The first-order chi connectivity index (χ1) is 11.1. The molecule has 3 aromatic rings. The van der Waals surface area contributed by atoms with Gasteiger partial charge in [-0.15, -0.1) is 0 Å². The van der Waals surface area contributed by atoms with E-state index in [4.69, 9.17) is 9.47 Å². The zero-order valence-corrected chi connectivity index (χ0v) is 13.4. The van der Waals surface area contributed by atoms with Crippen LogP contribution in [0.25, 0.3) is 5.65 Å². The fraction of sp³-hybridized carbons (Fsp3) is 0.222. The first-order valence-corrected chi connectivity index (χ1v) is 7.34. The van der Waals surface area contributed by atoms with Crippen LogP contribution in [0.3, 0.4) is 0 Å². The largest absolute Gasteiger partial charge is 0.497 e. The van der Waals surface area contributed by atoms with Crippen LogP contribution < -0.4 is 4.74 Å². The molecule has 0 unspecified atom stereocenters. The Morgan fingerprint density at radius 1 is 1.17 bits per heavy atom. The number of esters is 1. The molecule has 0 saturated heterocycles. The highest BCUT2D eigenvalue weighted by Crippen LogP contribution is 2.19. The Morgan fingerprint density at radius 2 is 1.91 bits per heavy atom. The predicted molar refractivity (Wildman–Crippen MR) is 86.8 cm³/mol. The Labute approximate surface area is 134 Å². The Morgan fingerprint density at radius 3 is 2.61 bits per heavy atom. The van der Waals surface area contributed by atoms with Crippen molar-refractivity contribution in [3.05, 3.63) is 65.1 Å². The molecule has 0 aliphatic heterocycles. The van der Waals surface area contributed by atoms with E-state index in [-0.39, 0.29) is 12.6 Å². The second-order valence-corrected chi connectivity index (χ2v) is 5.40. The fourth-order valence-electron chi connectivity index (χ4n) is 2.42. The van der Waals surface area contributed by atoms with Gasteiger partial charge in [0.1, 0.15) is 18.0 Å². The second kappa shape index (κ2) is 6.12. The number of methoxy groups -OCH3 is 1. The first-order valence-electron chi connectivity index (χ1n) is 7.34. The van der Waals surface area contributed by atoms with Crippen LogP contribution in [0, 0.1) is 13.8 Å². The van der Waals surface area contributed by atoms with Gasteiger partial charge in [-0.3, -0.25) is 4.40 Å². The molecule has 23 heavy (non-hydrogen) atoms. The van der Waals surface area contributed by atoms with E-state index in [9.17, 15) is 4.79 Å². The van der Waals surface area contributed by atoms with E-state index >= 15 is 0 Å². The summed E-state index contributed by atoms with van der Waals surface area (Å²) in [7, 11) is 1.60. The molecule has 0 bridgehead atoms. The van der Waals surface area contributed by atoms with E-state index in [0.717, 1.165) is 5.56 Å². The van der Waals surface area contributed by atoms with Crippen molar-refractivity contribution in [1.29, 1.82) is 0 Å². The normalized spacial score (nSPS) is 10.7. The molecule has 0 aliphatic rings. The molecule has 1 aromatic carbocycles. The third kappa shape index (κ3) is 3.04. The highest BCUT2D eigenvalue weighted by Gasteiger charge is 2.18. The molecule has 5 heteroatoms. The summed E-state index contributed by atoms with van der Waals surface area (Å²) in [6.45, 7) is 4.05. The maximum atomic E-state index is 12.4. The Kier molecular flexibility index (Phi) is 4.02. The van der Waals surface area contributed by atoms with E-state index < -0.39 is 0 Å². The Hall–Kier alpha value is -2.82.